The van der Waals surface area contributed by atoms with Crippen molar-refractivity contribution in [3.05, 3.63) is 59.2 Å². The zero-order valence-electron chi connectivity index (χ0n) is 22.1. The van der Waals surface area contributed by atoms with Gasteiger partial charge in [-0.2, -0.15) is 13.2 Å². The number of nitrogens with two attached hydrogens (primary N) is 1. The van der Waals surface area contributed by atoms with Crippen LogP contribution in [-0.4, -0.2) is 70.5 Å². The highest BCUT2D eigenvalue weighted by atomic mass is 19.4. The molecule has 1 spiro atoms. The second-order valence-electron chi connectivity index (χ2n) is 11.1. The van der Waals surface area contributed by atoms with Crippen LogP contribution in [0, 0.1) is 5.41 Å². The van der Waals surface area contributed by atoms with E-state index >= 15 is 0 Å². The number of likely N-dealkylation sites (tertiary alicyclic amines) is 1. The van der Waals surface area contributed by atoms with Crippen LogP contribution >= 0.6 is 0 Å². The molecule has 3 atom stereocenters. The molecule has 5 N–H and O–H groups in total. The number of H-pyrrole nitrogens is 1. The molecule has 1 saturated carbocycles. The number of hydrogen-bond donors (Lipinski definition) is 4. The summed E-state index contributed by atoms with van der Waals surface area (Å²) in [4.78, 5) is 20.6. The van der Waals surface area contributed by atoms with Crippen LogP contribution in [0.15, 0.2) is 47.5 Å². The molecular formula is C27H32F3N9. The first kappa shape index (κ1) is 25.5. The quantitative estimate of drug-likeness (QED) is 0.391. The van der Waals surface area contributed by atoms with E-state index < -0.39 is 11.7 Å². The Morgan fingerprint density at radius 3 is 2.74 bits per heavy atom. The predicted octanol–water partition coefficient (Wildman–Crippen LogP) is 3.76. The number of anilines is 1. The summed E-state index contributed by atoms with van der Waals surface area (Å²) in [6.07, 6.45) is 2.19. The van der Waals surface area contributed by atoms with Crippen molar-refractivity contribution in [3.63, 3.8) is 0 Å². The summed E-state index contributed by atoms with van der Waals surface area (Å²) in [5, 5.41) is 7.17. The standard InChI is InChI=1S/C27H32F3N9/c1-15(16-4-5-22(32-10-16)36-21-9-26(21)6-7-38(2)14-26)35-25-37-23(20(31)13-39(25)3)19-12-34-24-18(19)8-17(11-33-24)27(28,29)30/h4-5,8,10-12,15,21H,6-7,9,13-14,31H2,1-3H3,(H,32,36)(H,33,34)(H,35,37)/t15?,21?,26-/m1/s1. The number of halogens is 3. The molecule has 0 amide bonds. The highest BCUT2D eigenvalue weighted by Gasteiger charge is 2.56. The number of alkyl halides is 3. The van der Waals surface area contributed by atoms with Crippen LogP contribution in [0.1, 0.15) is 42.5 Å². The van der Waals surface area contributed by atoms with Crippen molar-refractivity contribution in [2.24, 2.45) is 16.1 Å². The highest BCUT2D eigenvalue weighted by Crippen LogP contribution is 2.53. The molecule has 2 fully saturated rings. The van der Waals surface area contributed by atoms with E-state index in [1.807, 2.05) is 37.2 Å². The van der Waals surface area contributed by atoms with Gasteiger partial charge in [-0.15, -0.1) is 0 Å². The zero-order chi connectivity index (χ0) is 27.5. The van der Waals surface area contributed by atoms with Gasteiger partial charge in [-0.25, -0.2) is 15.0 Å². The Kier molecular flexibility index (Phi) is 5.97. The van der Waals surface area contributed by atoms with Crippen molar-refractivity contribution in [1.82, 2.24) is 30.1 Å². The molecule has 206 valence electrons. The Labute approximate surface area is 224 Å². The molecule has 0 bridgehead atoms. The fourth-order valence-corrected chi connectivity index (χ4v) is 5.72. The lowest BCUT2D eigenvalue weighted by molar-refractivity contribution is -0.137. The van der Waals surface area contributed by atoms with Gasteiger partial charge < -0.3 is 31.2 Å². The van der Waals surface area contributed by atoms with E-state index in [9.17, 15) is 13.2 Å². The van der Waals surface area contributed by atoms with Crippen LogP contribution in [0.25, 0.3) is 16.7 Å². The van der Waals surface area contributed by atoms with Gasteiger partial charge in [-0.1, -0.05) is 6.07 Å². The first-order chi connectivity index (χ1) is 18.5. The summed E-state index contributed by atoms with van der Waals surface area (Å²) in [6, 6.07) is 5.37. The number of guanidine groups is 1. The number of fused-ring (bicyclic) bond motifs is 1. The van der Waals surface area contributed by atoms with E-state index in [4.69, 9.17) is 10.7 Å². The number of hydrogen-bond acceptors (Lipinski definition) is 6. The van der Waals surface area contributed by atoms with Crippen molar-refractivity contribution in [3.8, 4) is 0 Å². The number of aliphatic imine (C=N–C) groups is 1. The number of nitrogens with one attached hydrogen (secondary N) is 3. The summed E-state index contributed by atoms with van der Waals surface area (Å²) in [5.41, 5.74) is 8.73. The molecule has 9 nitrogen and oxygen atoms in total. The second kappa shape index (κ2) is 9.15. The fraction of sp³-hybridized carbons (Fsp3) is 0.444. The number of rotatable bonds is 5. The monoisotopic (exact) mass is 539 g/mol. The third-order valence-electron chi connectivity index (χ3n) is 8.13. The molecule has 3 aromatic heterocycles. The van der Waals surface area contributed by atoms with Gasteiger partial charge in [0.1, 0.15) is 11.5 Å². The molecule has 5 heterocycles. The molecular weight excluding hydrogens is 507 g/mol. The molecule has 0 radical (unpaired) electrons. The Bertz CT molecular complexity index is 1460. The van der Waals surface area contributed by atoms with Gasteiger partial charge in [0.05, 0.1) is 29.5 Å². The van der Waals surface area contributed by atoms with Gasteiger partial charge in [0, 0.05) is 54.6 Å². The van der Waals surface area contributed by atoms with E-state index in [1.54, 1.807) is 6.20 Å². The Morgan fingerprint density at radius 2 is 2.05 bits per heavy atom. The van der Waals surface area contributed by atoms with Crippen LogP contribution in [0.3, 0.4) is 0 Å². The van der Waals surface area contributed by atoms with Gasteiger partial charge in [0.25, 0.3) is 0 Å². The minimum atomic E-state index is -4.50. The van der Waals surface area contributed by atoms with Crippen molar-refractivity contribution in [2.75, 3.05) is 39.0 Å². The lowest BCUT2D eigenvalue weighted by atomic mass is 10.1. The van der Waals surface area contributed by atoms with Gasteiger partial charge in [0.15, 0.2) is 5.96 Å². The van der Waals surface area contributed by atoms with Gasteiger partial charge in [-0.05, 0) is 51.1 Å². The van der Waals surface area contributed by atoms with Crippen LogP contribution in [-0.2, 0) is 6.18 Å². The van der Waals surface area contributed by atoms with E-state index in [2.05, 4.69) is 37.5 Å². The number of pyridine rings is 2. The predicted molar refractivity (Wildman–Crippen MR) is 145 cm³/mol. The Balaban J connectivity index is 1.19. The van der Waals surface area contributed by atoms with E-state index in [1.165, 1.54) is 12.8 Å². The highest BCUT2D eigenvalue weighted by molar-refractivity contribution is 5.98. The topological polar surface area (TPSA) is 110 Å². The van der Waals surface area contributed by atoms with Crippen molar-refractivity contribution < 1.29 is 13.2 Å². The van der Waals surface area contributed by atoms with Crippen LogP contribution < -0.4 is 16.4 Å². The van der Waals surface area contributed by atoms with Crippen molar-refractivity contribution in [1.29, 1.82) is 0 Å². The maximum Gasteiger partial charge on any atom is 0.417 e. The summed E-state index contributed by atoms with van der Waals surface area (Å²) in [6.45, 7) is 4.63. The third-order valence-corrected chi connectivity index (χ3v) is 8.13. The van der Waals surface area contributed by atoms with Gasteiger partial charge >= 0.3 is 6.18 Å². The summed E-state index contributed by atoms with van der Waals surface area (Å²) < 4.78 is 40.0. The average Bonchev–Trinajstić information content (AvgIpc) is 3.19. The summed E-state index contributed by atoms with van der Waals surface area (Å²) in [7, 11) is 4.03. The van der Waals surface area contributed by atoms with Crippen molar-refractivity contribution in [2.45, 2.75) is 38.0 Å². The molecule has 1 saturated heterocycles. The molecule has 3 aromatic rings. The van der Waals surface area contributed by atoms with Crippen molar-refractivity contribution >= 4 is 28.5 Å². The van der Waals surface area contributed by atoms with Crippen LogP contribution in [0.4, 0.5) is 19.0 Å². The lowest BCUT2D eigenvalue weighted by Gasteiger charge is -2.31. The first-order valence-electron chi connectivity index (χ1n) is 13.0. The lowest BCUT2D eigenvalue weighted by Crippen LogP contribution is -2.45. The van der Waals surface area contributed by atoms with Crippen LogP contribution in [0.2, 0.25) is 0 Å². The number of aromatic nitrogens is 3. The van der Waals surface area contributed by atoms with E-state index in [0.717, 1.165) is 36.7 Å². The molecule has 2 aliphatic heterocycles. The normalized spacial score (nSPS) is 25.5. The minimum Gasteiger partial charge on any atom is -0.399 e. The van der Waals surface area contributed by atoms with Crippen LogP contribution in [0.5, 0.6) is 0 Å². The van der Waals surface area contributed by atoms with E-state index in [0.29, 0.717) is 52.0 Å². The molecule has 12 heteroatoms. The molecule has 2 unspecified atom stereocenters. The molecule has 0 aromatic carbocycles. The minimum absolute atomic E-state index is 0.214. The summed E-state index contributed by atoms with van der Waals surface area (Å²) >= 11 is 0. The SMILES string of the molecule is CC(N=C1NC(c2c[nH]c3ncc(C(F)(F)F)cc23)=C(N)CN1C)c1ccc(NC2C[C@@]23CCN(C)C3)nc1. The number of aromatic amines is 1. The maximum absolute atomic E-state index is 13.3. The second-order valence-corrected chi connectivity index (χ2v) is 11.1. The first-order valence-corrected chi connectivity index (χ1v) is 13.0. The Hall–Kier alpha value is -3.80. The number of nitrogens with zero attached hydrogens (tertiary/aromatic N) is 5. The smallest absolute Gasteiger partial charge is 0.399 e. The third kappa shape index (κ3) is 4.77. The summed E-state index contributed by atoms with van der Waals surface area (Å²) in [5.74, 6) is 1.43. The fourth-order valence-electron chi connectivity index (χ4n) is 5.72. The number of likely N-dealkylation sites (N-methyl/N-ethyl adjacent to an activating group) is 1. The molecule has 39 heavy (non-hydrogen) atoms. The Morgan fingerprint density at radius 1 is 1.23 bits per heavy atom. The van der Waals surface area contributed by atoms with E-state index in [-0.39, 0.29) is 6.04 Å². The van der Waals surface area contributed by atoms with Gasteiger partial charge in [0.2, 0.25) is 0 Å². The zero-order valence-corrected chi connectivity index (χ0v) is 22.1. The van der Waals surface area contributed by atoms with Gasteiger partial charge in [-0.3, -0.25) is 0 Å². The molecule has 3 aliphatic rings. The largest absolute Gasteiger partial charge is 0.417 e. The average molecular weight is 540 g/mol. The maximum atomic E-state index is 13.3. The molecule has 1 aliphatic carbocycles. The molecule has 6 rings (SSSR count).